The molecule has 1 aliphatic carbocycles. The Bertz CT molecular complexity index is 644. The minimum absolute atomic E-state index is 0.301. The highest BCUT2D eigenvalue weighted by molar-refractivity contribution is 5.83. The molecule has 1 aromatic rings. The molecule has 5 heteroatoms. The molecule has 1 aliphatic heterocycles. The van der Waals surface area contributed by atoms with Gasteiger partial charge in [-0.05, 0) is 52.0 Å². The molecule has 1 amide bonds. The van der Waals surface area contributed by atoms with E-state index < -0.39 is 5.60 Å². The topological polar surface area (TPSA) is 51.7 Å². The molecule has 1 saturated carbocycles. The highest BCUT2D eigenvalue weighted by Gasteiger charge is 2.30. The SMILES string of the molecule is CC1CC=C(c2ccnc(OC3CC3)c2)N(C(=O)OC(C)(C)C)C1. The van der Waals surface area contributed by atoms with E-state index in [1.807, 2.05) is 32.9 Å². The van der Waals surface area contributed by atoms with Crippen molar-refractivity contribution in [1.82, 2.24) is 9.88 Å². The summed E-state index contributed by atoms with van der Waals surface area (Å²) in [5.74, 6) is 1.03. The average Bonchev–Trinajstić information content (AvgIpc) is 3.29. The number of nitrogens with zero attached hydrogens (tertiary/aromatic N) is 2. The fourth-order valence-corrected chi connectivity index (χ4v) is 2.66. The molecular formula is C19H26N2O3. The maximum Gasteiger partial charge on any atom is 0.414 e. The van der Waals surface area contributed by atoms with Gasteiger partial charge in [0.2, 0.25) is 5.88 Å². The number of carbonyl (C=O) groups excluding carboxylic acids is 1. The molecule has 0 spiro atoms. The first-order chi connectivity index (χ1) is 11.3. The van der Waals surface area contributed by atoms with Crippen LogP contribution in [0.3, 0.4) is 0 Å². The molecule has 3 rings (SSSR count). The molecule has 1 unspecified atom stereocenters. The van der Waals surface area contributed by atoms with E-state index >= 15 is 0 Å². The maximum absolute atomic E-state index is 12.6. The van der Waals surface area contributed by atoms with Crippen LogP contribution in [-0.4, -0.2) is 34.2 Å². The van der Waals surface area contributed by atoms with Crippen molar-refractivity contribution in [3.05, 3.63) is 30.0 Å². The van der Waals surface area contributed by atoms with Crippen molar-refractivity contribution in [3.8, 4) is 5.88 Å². The van der Waals surface area contributed by atoms with Crippen molar-refractivity contribution in [2.45, 2.75) is 58.7 Å². The van der Waals surface area contributed by atoms with E-state index in [9.17, 15) is 4.79 Å². The number of aromatic nitrogens is 1. The summed E-state index contributed by atoms with van der Waals surface area (Å²) in [6.45, 7) is 8.45. The van der Waals surface area contributed by atoms with E-state index in [2.05, 4.69) is 18.0 Å². The van der Waals surface area contributed by atoms with Crippen molar-refractivity contribution < 1.29 is 14.3 Å². The molecule has 2 aliphatic rings. The predicted octanol–water partition coefficient (Wildman–Crippen LogP) is 4.24. The smallest absolute Gasteiger partial charge is 0.414 e. The quantitative estimate of drug-likeness (QED) is 0.832. The summed E-state index contributed by atoms with van der Waals surface area (Å²) in [6, 6.07) is 3.83. The van der Waals surface area contributed by atoms with Gasteiger partial charge in [0.15, 0.2) is 0 Å². The van der Waals surface area contributed by atoms with Gasteiger partial charge in [0.1, 0.15) is 11.7 Å². The van der Waals surface area contributed by atoms with E-state index in [0.717, 1.165) is 30.5 Å². The van der Waals surface area contributed by atoms with Crippen molar-refractivity contribution in [3.63, 3.8) is 0 Å². The summed E-state index contributed by atoms with van der Waals surface area (Å²) in [5, 5.41) is 0. The van der Waals surface area contributed by atoms with Crippen LogP contribution < -0.4 is 4.74 Å². The van der Waals surface area contributed by atoms with Crippen molar-refractivity contribution >= 4 is 11.8 Å². The van der Waals surface area contributed by atoms with E-state index in [4.69, 9.17) is 9.47 Å². The van der Waals surface area contributed by atoms with E-state index in [1.54, 1.807) is 11.1 Å². The van der Waals surface area contributed by atoms with Crippen molar-refractivity contribution in [2.75, 3.05) is 6.54 Å². The van der Waals surface area contributed by atoms with E-state index in [-0.39, 0.29) is 6.09 Å². The van der Waals surface area contributed by atoms with Crippen molar-refractivity contribution in [2.24, 2.45) is 5.92 Å². The molecule has 24 heavy (non-hydrogen) atoms. The van der Waals surface area contributed by atoms with E-state index in [1.165, 1.54) is 0 Å². The molecular weight excluding hydrogens is 304 g/mol. The second kappa shape index (κ2) is 6.46. The molecule has 0 aromatic carbocycles. The van der Waals surface area contributed by atoms with Crippen LogP contribution in [0.4, 0.5) is 4.79 Å². The number of amides is 1. The lowest BCUT2D eigenvalue weighted by Gasteiger charge is -2.33. The first kappa shape index (κ1) is 16.8. The Morgan fingerprint density at radius 2 is 2.08 bits per heavy atom. The molecule has 2 heterocycles. The number of hydrogen-bond acceptors (Lipinski definition) is 4. The van der Waals surface area contributed by atoms with Crippen LogP contribution in [0, 0.1) is 5.92 Å². The zero-order chi connectivity index (χ0) is 17.3. The standard InChI is InChI=1S/C19H26N2O3/c1-13-5-8-16(21(12-13)18(22)24-19(2,3)4)14-9-10-20-17(11-14)23-15-6-7-15/h8-11,13,15H,5-7,12H2,1-4H3. The van der Waals surface area contributed by atoms with Gasteiger partial charge in [0.05, 0.1) is 5.70 Å². The molecule has 0 bridgehead atoms. The fourth-order valence-electron chi connectivity index (χ4n) is 2.66. The molecule has 0 radical (unpaired) electrons. The summed E-state index contributed by atoms with van der Waals surface area (Å²) in [6.07, 6.45) is 6.96. The largest absolute Gasteiger partial charge is 0.474 e. The van der Waals surface area contributed by atoms with Crippen LogP contribution in [0.5, 0.6) is 5.88 Å². The summed E-state index contributed by atoms with van der Waals surface area (Å²) in [5.41, 5.74) is 1.31. The molecule has 1 fully saturated rings. The van der Waals surface area contributed by atoms with Gasteiger partial charge in [-0.25, -0.2) is 9.78 Å². The molecule has 1 aromatic heterocycles. The van der Waals surface area contributed by atoms with Crippen LogP contribution in [0.15, 0.2) is 24.4 Å². The minimum Gasteiger partial charge on any atom is -0.474 e. The number of ether oxygens (including phenoxy) is 2. The van der Waals surface area contributed by atoms with Crippen LogP contribution in [0.1, 0.15) is 52.5 Å². The lowest BCUT2D eigenvalue weighted by molar-refractivity contribution is 0.0327. The molecule has 0 saturated heterocycles. The molecule has 130 valence electrons. The summed E-state index contributed by atoms with van der Waals surface area (Å²) >= 11 is 0. The number of allylic oxidation sites excluding steroid dienone is 1. The maximum atomic E-state index is 12.6. The third-order valence-electron chi connectivity index (χ3n) is 3.95. The van der Waals surface area contributed by atoms with Gasteiger partial charge in [-0.3, -0.25) is 4.90 Å². The lowest BCUT2D eigenvalue weighted by atomic mass is 9.99. The van der Waals surface area contributed by atoms with Gasteiger partial charge in [-0.15, -0.1) is 0 Å². The first-order valence-electron chi connectivity index (χ1n) is 8.65. The van der Waals surface area contributed by atoms with Crippen molar-refractivity contribution in [1.29, 1.82) is 0 Å². The predicted molar refractivity (Wildman–Crippen MR) is 92.6 cm³/mol. The third-order valence-corrected chi connectivity index (χ3v) is 3.95. The molecule has 1 atom stereocenters. The van der Waals surface area contributed by atoms with Gasteiger partial charge in [0, 0.05) is 24.4 Å². The monoisotopic (exact) mass is 330 g/mol. The Labute approximate surface area is 143 Å². The highest BCUT2D eigenvalue weighted by Crippen LogP contribution is 2.31. The second-order valence-corrected chi connectivity index (χ2v) is 7.72. The zero-order valence-electron chi connectivity index (χ0n) is 14.9. The normalized spacial score (nSPS) is 21.2. The Kier molecular flexibility index (Phi) is 4.52. The summed E-state index contributed by atoms with van der Waals surface area (Å²) in [4.78, 5) is 18.6. The average molecular weight is 330 g/mol. The van der Waals surface area contributed by atoms with Gasteiger partial charge in [-0.2, -0.15) is 0 Å². The number of pyridine rings is 1. The highest BCUT2D eigenvalue weighted by atomic mass is 16.6. The lowest BCUT2D eigenvalue weighted by Crippen LogP contribution is -2.39. The minimum atomic E-state index is -0.513. The number of rotatable bonds is 3. The summed E-state index contributed by atoms with van der Waals surface area (Å²) in [7, 11) is 0. The summed E-state index contributed by atoms with van der Waals surface area (Å²) < 4.78 is 11.4. The Hall–Kier alpha value is -2.04. The van der Waals surface area contributed by atoms with Crippen LogP contribution in [0.25, 0.3) is 5.70 Å². The molecule has 0 N–H and O–H groups in total. The first-order valence-corrected chi connectivity index (χ1v) is 8.65. The van der Waals surface area contributed by atoms with Gasteiger partial charge >= 0.3 is 6.09 Å². The van der Waals surface area contributed by atoms with Gasteiger partial charge < -0.3 is 9.47 Å². The Morgan fingerprint density at radius 1 is 1.33 bits per heavy atom. The third kappa shape index (κ3) is 4.28. The van der Waals surface area contributed by atoms with Gasteiger partial charge in [0.25, 0.3) is 0 Å². The van der Waals surface area contributed by atoms with Gasteiger partial charge in [-0.1, -0.05) is 13.0 Å². The van der Waals surface area contributed by atoms with Crippen LogP contribution in [0.2, 0.25) is 0 Å². The molecule has 5 nitrogen and oxygen atoms in total. The zero-order valence-corrected chi connectivity index (χ0v) is 14.9. The number of carbonyl (C=O) groups is 1. The van der Waals surface area contributed by atoms with Crippen LogP contribution in [-0.2, 0) is 4.74 Å². The van der Waals surface area contributed by atoms with E-state index in [0.29, 0.717) is 24.4 Å². The Balaban J connectivity index is 1.84. The Morgan fingerprint density at radius 3 is 2.75 bits per heavy atom. The number of hydrogen-bond donors (Lipinski definition) is 0. The fraction of sp³-hybridized carbons (Fsp3) is 0.579. The second-order valence-electron chi connectivity index (χ2n) is 7.72. The van der Waals surface area contributed by atoms with Crippen LogP contribution >= 0.6 is 0 Å².